The molecule has 144 valence electrons. The molecule has 1 N–H and O–H groups in total. The third-order valence-corrected chi connectivity index (χ3v) is 6.93. The lowest BCUT2D eigenvalue weighted by Gasteiger charge is -2.35. The summed E-state index contributed by atoms with van der Waals surface area (Å²) in [6, 6.07) is 0.289. The van der Waals surface area contributed by atoms with E-state index in [4.69, 9.17) is 0 Å². The Balaban J connectivity index is 1.32. The number of hydrogen-bond acceptors (Lipinski definition) is 4. The Labute approximate surface area is 155 Å². The van der Waals surface area contributed by atoms with Gasteiger partial charge in [0, 0.05) is 19.0 Å². The van der Waals surface area contributed by atoms with E-state index in [1.54, 1.807) is 0 Å². The van der Waals surface area contributed by atoms with Gasteiger partial charge in [0.15, 0.2) is 0 Å². The van der Waals surface area contributed by atoms with Crippen LogP contribution in [0.15, 0.2) is 6.20 Å². The molecule has 2 saturated carbocycles. The fraction of sp³-hybridized carbons (Fsp3) is 0.850. The van der Waals surface area contributed by atoms with E-state index in [2.05, 4.69) is 22.1 Å². The van der Waals surface area contributed by atoms with Crippen molar-refractivity contribution in [3.05, 3.63) is 11.9 Å². The van der Waals surface area contributed by atoms with Gasteiger partial charge in [-0.05, 0) is 57.3 Å². The average Bonchev–Trinajstić information content (AvgIpc) is 3.32. The molecule has 2 aliphatic carbocycles. The molecule has 3 fully saturated rings. The number of piperidine rings is 1. The molecular formula is C20H32N4O2. The van der Waals surface area contributed by atoms with Crippen LogP contribution in [0, 0.1) is 11.8 Å². The lowest BCUT2D eigenvalue weighted by atomic mass is 9.82. The summed E-state index contributed by atoms with van der Waals surface area (Å²) in [7, 11) is 0. The first-order valence-electron chi connectivity index (χ1n) is 10.5. The van der Waals surface area contributed by atoms with Crippen LogP contribution < -0.4 is 0 Å². The zero-order valence-corrected chi connectivity index (χ0v) is 15.9. The molecule has 0 radical (unpaired) electrons. The molecule has 0 unspecified atom stereocenters. The third-order valence-electron chi connectivity index (χ3n) is 6.93. The molecule has 4 rings (SSSR count). The molecule has 3 aliphatic rings. The molecule has 0 atom stereocenters. The van der Waals surface area contributed by atoms with E-state index < -0.39 is 5.60 Å². The van der Waals surface area contributed by atoms with Crippen LogP contribution in [0.25, 0.3) is 0 Å². The molecule has 6 heteroatoms. The van der Waals surface area contributed by atoms with Gasteiger partial charge >= 0.3 is 0 Å². The monoisotopic (exact) mass is 360 g/mol. The maximum atomic E-state index is 12.8. The molecule has 1 saturated heterocycles. The number of nitrogens with zero attached hydrogens (tertiary/aromatic N) is 4. The zero-order chi connectivity index (χ0) is 18.1. The Kier molecular flexibility index (Phi) is 5.04. The summed E-state index contributed by atoms with van der Waals surface area (Å²) in [6.07, 6.45) is 12.0. The Morgan fingerprint density at radius 2 is 1.77 bits per heavy atom. The summed E-state index contributed by atoms with van der Waals surface area (Å²) in [6.45, 7) is 3.92. The lowest BCUT2D eigenvalue weighted by molar-refractivity contribution is -0.138. The van der Waals surface area contributed by atoms with Crippen molar-refractivity contribution in [2.75, 3.05) is 13.1 Å². The number of likely N-dealkylation sites (tertiary alicyclic amines) is 1. The van der Waals surface area contributed by atoms with Gasteiger partial charge in [-0.1, -0.05) is 25.0 Å². The van der Waals surface area contributed by atoms with E-state index in [9.17, 15) is 9.90 Å². The van der Waals surface area contributed by atoms with Crippen LogP contribution in [0.1, 0.15) is 82.9 Å². The third kappa shape index (κ3) is 3.53. The van der Waals surface area contributed by atoms with Crippen LogP contribution in [0.4, 0.5) is 0 Å². The van der Waals surface area contributed by atoms with Gasteiger partial charge in [0.25, 0.3) is 0 Å². The van der Waals surface area contributed by atoms with Gasteiger partial charge in [0.2, 0.25) is 5.91 Å². The highest BCUT2D eigenvalue weighted by molar-refractivity contribution is 5.79. The first kappa shape index (κ1) is 18.0. The van der Waals surface area contributed by atoms with Crippen molar-refractivity contribution in [2.45, 2.75) is 82.8 Å². The summed E-state index contributed by atoms with van der Waals surface area (Å²) in [4.78, 5) is 14.9. The van der Waals surface area contributed by atoms with Crippen LogP contribution >= 0.6 is 0 Å². The maximum Gasteiger partial charge on any atom is 0.225 e. The molecule has 1 aliphatic heterocycles. The van der Waals surface area contributed by atoms with E-state index >= 15 is 0 Å². The van der Waals surface area contributed by atoms with Crippen LogP contribution in [0.5, 0.6) is 0 Å². The van der Waals surface area contributed by atoms with Crippen molar-refractivity contribution >= 4 is 5.91 Å². The molecule has 0 bridgehead atoms. The first-order valence-corrected chi connectivity index (χ1v) is 10.5. The van der Waals surface area contributed by atoms with E-state index in [1.165, 1.54) is 12.8 Å². The van der Waals surface area contributed by atoms with Gasteiger partial charge in [0.1, 0.15) is 11.3 Å². The molecule has 1 aromatic rings. The fourth-order valence-electron chi connectivity index (χ4n) is 5.00. The minimum atomic E-state index is -0.771. The molecule has 0 spiro atoms. The molecular weight excluding hydrogens is 328 g/mol. The van der Waals surface area contributed by atoms with Crippen LogP contribution in [-0.4, -0.2) is 44.0 Å². The molecule has 2 heterocycles. The quantitative estimate of drug-likeness (QED) is 0.899. The average molecular weight is 361 g/mol. The summed E-state index contributed by atoms with van der Waals surface area (Å²) in [5.74, 6) is 1.40. The highest BCUT2D eigenvalue weighted by atomic mass is 16.3. The largest absolute Gasteiger partial charge is 0.383 e. The van der Waals surface area contributed by atoms with Gasteiger partial charge in [-0.3, -0.25) is 4.79 Å². The molecule has 26 heavy (non-hydrogen) atoms. The summed E-state index contributed by atoms with van der Waals surface area (Å²) < 4.78 is 1.93. The summed E-state index contributed by atoms with van der Waals surface area (Å²) in [5, 5.41) is 19.2. The minimum absolute atomic E-state index is 0.248. The lowest BCUT2D eigenvalue weighted by Crippen LogP contribution is -2.43. The highest BCUT2D eigenvalue weighted by Gasteiger charge is 2.37. The van der Waals surface area contributed by atoms with Crippen LogP contribution in [-0.2, 0) is 10.4 Å². The number of hydrogen-bond donors (Lipinski definition) is 1. The van der Waals surface area contributed by atoms with Crippen LogP contribution in [0.2, 0.25) is 0 Å². The SMILES string of the molecule is CC1CCC(C(=O)N2CCC(n3cc(C4(O)CCCC4)nn3)CC2)CC1. The van der Waals surface area contributed by atoms with E-state index in [-0.39, 0.29) is 12.0 Å². The number of rotatable bonds is 3. The topological polar surface area (TPSA) is 71.2 Å². The highest BCUT2D eigenvalue weighted by Crippen LogP contribution is 2.38. The summed E-state index contributed by atoms with van der Waals surface area (Å²) >= 11 is 0. The van der Waals surface area contributed by atoms with Crippen molar-refractivity contribution in [1.29, 1.82) is 0 Å². The zero-order valence-electron chi connectivity index (χ0n) is 15.9. The van der Waals surface area contributed by atoms with E-state index in [1.807, 2.05) is 10.9 Å². The second-order valence-corrected chi connectivity index (χ2v) is 8.84. The number of carbonyl (C=O) groups excluding carboxylic acids is 1. The van der Waals surface area contributed by atoms with Crippen molar-refractivity contribution in [1.82, 2.24) is 19.9 Å². The number of carbonyl (C=O) groups is 1. The van der Waals surface area contributed by atoms with Gasteiger partial charge in [-0.2, -0.15) is 0 Å². The van der Waals surface area contributed by atoms with E-state index in [0.717, 1.165) is 76.1 Å². The Bertz CT molecular complexity index is 622. The second-order valence-electron chi connectivity index (χ2n) is 8.84. The smallest absolute Gasteiger partial charge is 0.225 e. The normalized spacial score (nSPS) is 29.8. The minimum Gasteiger partial charge on any atom is -0.383 e. The molecule has 1 aromatic heterocycles. The maximum absolute atomic E-state index is 12.8. The van der Waals surface area contributed by atoms with Gasteiger partial charge in [-0.25, -0.2) is 4.68 Å². The van der Waals surface area contributed by atoms with Gasteiger partial charge in [-0.15, -0.1) is 5.10 Å². The predicted molar refractivity (Wildman–Crippen MR) is 98.4 cm³/mol. The van der Waals surface area contributed by atoms with E-state index in [0.29, 0.717) is 5.91 Å². The predicted octanol–water partition coefficient (Wildman–Crippen LogP) is 3.03. The number of amides is 1. The Hall–Kier alpha value is -1.43. The first-order chi connectivity index (χ1) is 12.5. The van der Waals surface area contributed by atoms with Gasteiger partial charge < -0.3 is 10.0 Å². The number of aromatic nitrogens is 3. The summed E-state index contributed by atoms with van der Waals surface area (Å²) in [5.41, 5.74) is -0.0441. The Morgan fingerprint density at radius 1 is 1.12 bits per heavy atom. The van der Waals surface area contributed by atoms with Crippen LogP contribution in [0.3, 0.4) is 0 Å². The standard InChI is InChI=1S/C20H32N4O2/c1-15-4-6-16(7-5-15)19(25)23-12-8-17(9-13-23)24-14-18(21-22-24)20(26)10-2-3-11-20/h14-17,26H,2-13H2,1H3. The molecule has 6 nitrogen and oxygen atoms in total. The molecule has 0 aromatic carbocycles. The van der Waals surface area contributed by atoms with Crippen molar-refractivity contribution in [3.63, 3.8) is 0 Å². The van der Waals surface area contributed by atoms with Crippen molar-refractivity contribution < 1.29 is 9.90 Å². The second kappa shape index (κ2) is 7.29. The van der Waals surface area contributed by atoms with Crippen molar-refractivity contribution in [2.24, 2.45) is 11.8 Å². The fourth-order valence-corrected chi connectivity index (χ4v) is 5.00. The van der Waals surface area contributed by atoms with Crippen molar-refractivity contribution in [3.8, 4) is 0 Å². The van der Waals surface area contributed by atoms with Gasteiger partial charge in [0.05, 0.1) is 12.2 Å². The number of aliphatic hydroxyl groups is 1. The Morgan fingerprint density at radius 3 is 2.42 bits per heavy atom. The molecule has 1 amide bonds.